The van der Waals surface area contributed by atoms with Gasteiger partial charge in [0.2, 0.25) is 5.91 Å². The van der Waals surface area contributed by atoms with Gasteiger partial charge < -0.3 is 5.32 Å². The number of thioether (sulfide) groups is 1. The Hall–Kier alpha value is -2.93. The number of nitrogens with one attached hydrogen (secondary N) is 1. The van der Waals surface area contributed by atoms with E-state index in [1.165, 1.54) is 18.7 Å². The van der Waals surface area contributed by atoms with Crippen LogP contribution in [0.5, 0.6) is 0 Å². The summed E-state index contributed by atoms with van der Waals surface area (Å²) in [7, 11) is 0. The fraction of sp³-hybridized carbons (Fsp3) is 0.273. The van der Waals surface area contributed by atoms with Crippen LogP contribution in [0.1, 0.15) is 34.2 Å². The average molecular weight is 409 g/mol. The summed E-state index contributed by atoms with van der Waals surface area (Å²) < 4.78 is 1.95. The van der Waals surface area contributed by atoms with Gasteiger partial charge in [0.25, 0.3) is 0 Å². The van der Waals surface area contributed by atoms with Crippen LogP contribution >= 0.6 is 11.8 Å². The van der Waals surface area contributed by atoms with Crippen LogP contribution in [0.25, 0.3) is 5.69 Å². The van der Waals surface area contributed by atoms with Crippen molar-refractivity contribution in [3.8, 4) is 5.69 Å². The van der Waals surface area contributed by atoms with E-state index in [0.717, 1.165) is 22.6 Å². The molecule has 3 rings (SSSR count). The first-order chi connectivity index (χ1) is 13.9. The molecule has 0 unspecified atom stereocenters. The molecular weight excluding hydrogens is 384 g/mol. The molecule has 29 heavy (non-hydrogen) atoms. The van der Waals surface area contributed by atoms with Crippen molar-refractivity contribution in [3.05, 3.63) is 71.0 Å². The Kier molecular flexibility index (Phi) is 6.82. The molecule has 0 atom stereocenters. The first-order valence-corrected chi connectivity index (χ1v) is 10.4. The first-order valence-electron chi connectivity index (χ1n) is 9.42. The first kappa shape index (κ1) is 20.8. The molecule has 0 saturated heterocycles. The molecule has 2 aromatic carbocycles. The molecule has 150 valence electrons. The molecule has 0 fully saturated rings. The lowest BCUT2D eigenvalue weighted by atomic mass is 10.1. The van der Waals surface area contributed by atoms with Gasteiger partial charge in [0.05, 0.1) is 5.75 Å². The Morgan fingerprint density at radius 3 is 2.21 bits per heavy atom. The Morgan fingerprint density at radius 1 is 0.966 bits per heavy atom. The number of carbonyl (C=O) groups is 2. The van der Waals surface area contributed by atoms with Gasteiger partial charge in [0.1, 0.15) is 5.82 Å². The molecule has 0 aliphatic rings. The molecule has 0 bridgehead atoms. The number of amides is 1. The Morgan fingerprint density at radius 2 is 1.59 bits per heavy atom. The third-order valence-corrected chi connectivity index (χ3v) is 5.35. The fourth-order valence-electron chi connectivity index (χ4n) is 2.81. The summed E-state index contributed by atoms with van der Waals surface area (Å²) >= 11 is 1.37. The highest BCUT2D eigenvalue weighted by atomic mass is 32.2. The zero-order chi connectivity index (χ0) is 20.8. The van der Waals surface area contributed by atoms with Crippen LogP contribution in [0.4, 0.5) is 0 Å². The summed E-state index contributed by atoms with van der Waals surface area (Å²) in [5, 5.41) is 12.1. The molecule has 0 spiro atoms. The summed E-state index contributed by atoms with van der Waals surface area (Å²) in [6.45, 7) is 5.99. The second-order valence-electron chi connectivity index (χ2n) is 6.88. The maximum absolute atomic E-state index is 12.5. The predicted molar refractivity (Wildman–Crippen MR) is 115 cm³/mol. The number of Topliss-reactive ketones (excluding diaryl/α,β-unsaturated/α-hetero) is 1. The van der Waals surface area contributed by atoms with Crippen molar-refractivity contribution in [1.82, 2.24) is 20.1 Å². The third kappa shape index (κ3) is 5.54. The zero-order valence-corrected chi connectivity index (χ0v) is 17.6. The highest BCUT2D eigenvalue weighted by Gasteiger charge is 2.16. The standard InChI is InChI=1S/C22H24N4O2S/c1-15-4-8-18(9-5-15)20(28)14-29-22-25-24-21(12-13-23-17(3)27)26(22)19-10-6-16(2)7-11-19/h4-11H,12-14H2,1-3H3,(H,23,27). The number of hydrogen-bond donors (Lipinski definition) is 1. The number of ketones is 1. The molecule has 3 aromatic rings. The molecule has 1 N–H and O–H groups in total. The molecule has 0 saturated carbocycles. The Labute approximate surface area is 174 Å². The van der Waals surface area contributed by atoms with E-state index in [2.05, 4.69) is 15.5 Å². The van der Waals surface area contributed by atoms with Crippen molar-refractivity contribution < 1.29 is 9.59 Å². The van der Waals surface area contributed by atoms with Crippen LogP contribution in [-0.4, -0.2) is 38.8 Å². The van der Waals surface area contributed by atoms with Crippen LogP contribution in [0.2, 0.25) is 0 Å². The smallest absolute Gasteiger partial charge is 0.216 e. The van der Waals surface area contributed by atoms with E-state index < -0.39 is 0 Å². The quantitative estimate of drug-likeness (QED) is 0.456. The maximum Gasteiger partial charge on any atom is 0.216 e. The summed E-state index contributed by atoms with van der Waals surface area (Å²) in [5.74, 6) is 0.990. The second kappa shape index (κ2) is 9.52. The number of aryl methyl sites for hydroxylation is 2. The highest BCUT2D eigenvalue weighted by Crippen LogP contribution is 2.23. The molecule has 0 radical (unpaired) electrons. The van der Waals surface area contributed by atoms with Crippen molar-refractivity contribution >= 4 is 23.5 Å². The lowest BCUT2D eigenvalue weighted by Crippen LogP contribution is -2.23. The van der Waals surface area contributed by atoms with E-state index in [1.807, 2.05) is 66.9 Å². The van der Waals surface area contributed by atoms with Gasteiger partial charge in [-0.1, -0.05) is 59.3 Å². The molecule has 1 aromatic heterocycles. The van der Waals surface area contributed by atoms with E-state index in [9.17, 15) is 9.59 Å². The van der Waals surface area contributed by atoms with Crippen LogP contribution in [0.15, 0.2) is 53.7 Å². The second-order valence-corrected chi connectivity index (χ2v) is 7.82. The van der Waals surface area contributed by atoms with Crippen LogP contribution < -0.4 is 5.32 Å². The molecular formula is C22H24N4O2S. The van der Waals surface area contributed by atoms with Gasteiger partial charge in [-0.15, -0.1) is 10.2 Å². The highest BCUT2D eigenvalue weighted by molar-refractivity contribution is 7.99. The summed E-state index contributed by atoms with van der Waals surface area (Å²) in [4.78, 5) is 23.7. The number of aromatic nitrogens is 3. The molecule has 1 heterocycles. The molecule has 7 heteroatoms. The lowest BCUT2D eigenvalue weighted by Gasteiger charge is -2.11. The number of benzene rings is 2. The number of rotatable bonds is 8. The SMILES string of the molecule is CC(=O)NCCc1nnc(SCC(=O)c2ccc(C)cc2)n1-c1ccc(C)cc1. The Balaban J connectivity index is 1.80. The summed E-state index contributed by atoms with van der Waals surface area (Å²) in [5.41, 5.74) is 3.90. The minimum absolute atomic E-state index is 0.0493. The van der Waals surface area contributed by atoms with Crippen molar-refractivity contribution in [2.75, 3.05) is 12.3 Å². The van der Waals surface area contributed by atoms with Crippen molar-refractivity contribution in [2.45, 2.75) is 32.3 Å². The number of carbonyl (C=O) groups excluding carboxylic acids is 2. The van der Waals surface area contributed by atoms with Crippen molar-refractivity contribution in [2.24, 2.45) is 0 Å². The van der Waals surface area contributed by atoms with Gasteiger partial charge in [-0.25, -0.2) is 0 Å². The third-order valence-electron chi connectivity index (χ3n) is 4.42. The molecule has 0 aliphatic carbocycles. The van der Waals surface area contributed by atoms with Crippen molar-refractivity contribution in [3.63, 3.8) is 0 Å². The molecule has 0 aliphatic heterocycles. The van der Waals surface area contributed by atoms with Gasteiger partial charge >= 0.3 is 0 Å². The summed E-state index contributed by atoms with van der Waals surface area (Å²) in [6, 6.07) is 15.6. The van der Waals surface area contributed by atoms with Gasteiger partial charge in [-0.2, -0.15) is 0 Å². The molecule has 6 nitrogen and oxygen atoms in total. The normalized spacial score (nSPS) is 10.7. The van der Waals surface area contributed by atoms with E-state index in [1.54, 1.807) is 0 Å². The summed E-state index contributed by atoms with van der Waals surface area (Å²) in [6.07, 6.45) is 0.549. The largest absolute Gasteiger partial charge is 0.356 e. The maximum atomic E-state index is 12.5. The zero-order valence-electron chi connectivity index (χ0n) is 16.8. The van der Waals surface area contributed by atoms with E-state index >= 15 is 0 Å². The number of hydrogen-bond acceptors (Lipinski definition) is 5. The Bertz CT molecular complexity index is 995. The molecule has 1 amide bonds. The topological polar surface area (TPSA) is 76.9 Å². The van der Waals surface area contributed by atoms with E-state index in [0.29, 0.717) is 23.7 Å². The van der Waals surface area contributed by atoms with Gasteiger partial charge in [0.15, 0.2) is 10.9 Å². The van der Waals surface area contributed by atoms with E-state index in [-0.39, 0.29) is 17.4 Å². The number of nitrogens with zero attached hydrogens (tertiary/aromatic N) is 3. The van der Waals surface area contributed by atoms with E-state index in [4.69, 9.17) is 0 Å². The van der Waals surface area contributed by atoms with Gasteiger partial charge in [0, 0.05) is 31.1 Å². The fourth-order valence-corrected chi connectivity index (χ4v) is 3.68. The van der Waals surface area contributed by atoms with Crippen LogP contribution in [0, 0.1) is 13.8 Å². The predicted octanol–water partition coefficient (Wildman–Crippen LogP) is 3.54. The lowest BCUT2D eigenvalue weighted by molar-refractivity contribution is -0.118. The van der Waals surface area contributed by atoms with Crippen LogP contribution in [-0.2, 0) is 11.2 Å². The van der Waals surface area contributed by atoms with Gasteiger partial charge in [-0.3, -0.25) is 14.2 Å². The monoisotopic (exact) mass is 408 g/mol. The minimum atomic E-state index is -0.0790. The average Bonchev–Trinajstić information content (AvgIpc) is 3.10. The van der Waals surface area contributed by atoms with Gasteiger partial charge in [-0.05, 0) is 26.0 Å². The van der Waals surface area contributed by atoms with Crippen LogP contribution in [0.3, 0.4) is 0 Å². The van der Waals surface area contributed by atoms with Crippen molar-refractivity contribution in [1.29, 1.82) is 0 Å². The minimum Gasteiger partial charge on any atom is -0.356 e.